The minimum absolute atomic E-state index is 0.161. The van der Waals surface area contributed by atoms with Gasteiger partial charge in [-0.2, -0.15) is 10.1 Å². The van der Waals surface area contributed by atoms with Crippen LogP contribution in [0.4, 0.5) is 9.52 Å². The molecule has 28 heavy (non-hydrogen) atoms. The van der Waals surface area contributed by atoms with Crippen molar-refractivity contribution >= 4 is 38.8 Å². The van der Waals surface area contributed by atoms with Crippen molar-refractivity contribution in [1.29, 1.82) is 0 Å². The Morgan fingerprint density at radius 1 is 1.25 bits per heavy atom. The lowest BCUT2D eigenvalue weighted by molar-refractivity contribution is 0.0987. The number of halogens is 1. The van der Waals surface area contributed by atoms with Crippen LogP contribution in [-0.2, 0) is 0 Å². The van der Waals surface area contributed by atoms with E-state index < -0.39 is 11.7 Å². The summed E-state index contributed by atoms with van der Waals surface area (Å²) >= 11 is 1.28. The maximum atomic E-state index is 13.6. The zero-order valence-electron chi connectivity index (χ0n) is 14.7. The molecule has 8 heteroatoms. The topological polar surface area (TPSA) is 67.9 Å². The molecule has 0 aliphatic rings. The number of rotatable bonds is 5. The zero-order valence-corrected chi connectivity index (χ0v) is 15.5. The molecule has 4 rings (SSSR count). The molecule has 0 aliphatic carbocycles. The average molecular weight is 395 g/mol. The summed E-state index contributed by atoms with van der Waals surface area (Å²) in [5.41, 5.74) is 0.861. The fraction of sp³-hybridized carbons (Fsp3) is 0.0500. The highest BCUT2D eigenvalue weighted by Crippen LogP contribution is 2.32. The van der Waals surface area contributed by atoms with Crippen LogP contribution in [0.2, 0.25) is 0 Å². The van der Waals surface area contributed by atoms with E-state index in [9.17, 15) is 9.18 Å². The number of hydrogen-bond acceptors (Lipinski definition) is 6. The van der Waals surface area contributed by atoms with Crippen LogP contribution in [0.25, 0.3) is 10.2 Å². The molecule has 2 aromatic carbocycles. The molecule has 0 radical (unpaired) electrons. The number of aromatic nitrogens is 1. The fourth-order valence-corrected chi connectivity index (χ4v) is 3.47. The second-order valence-corrected chi connectivity index (χ2v) is 6.73. The Balaban J connectivity index is 1.77. The first-order valence-corrected chi connectivity index (χ1v) is 9.08. The van der Waals surface area contributed by atoms with Gasteiger partial charge in [-0.15, -0.1) is 0 Å². The van der Waals surface area contributed by atoms with E-state index in [1.807, 2.05) is 6.07 Å². The molecule has 0 fully saturated rings. The summed E-state index contributed by atoms with van der Waals surface area (Å²) in [5.74, 6) is 0.146. The molecule has 2 heterocycles. The number of furan rings is 1. The number of carbonyl (C=O) groups excluding carboxylic acids is 1. The number of carbonyl (C=O) groups is 1. The number of methoxy groups -OCH3 is 1. The minimum Gasteiger partial charge on any atom is -0.497 e. The molecule has 0 N–H and O–H groups in total. The Morgan fingerprint density at radius 3 is 2.89 bits per heavy atom. The molecule has 0 saturated carbocycles. The van der Waals surface area contributed by atoms with Crippen molar-refractivity contribution in [2.75, 3.05) is 12.1 Å². The Kier molecular flexibility index (Phi) is 4.86. The summed E-state index contributed by atoms with van der Waals surface area (Å²) in [7, 11) is 1.58. The summed E-state index contributed by atoms with van der Waals surface area (Å²) in [6.07, 6.45) is 2.91. The summed E-state index contributed by atoms with van der Waals surface area (Å²) in [4.78, 5) is 17.5. The predicted molar refractivity (Wildman–Crippen MR) is 106 cm³/mol. The quantitative estimate of drug-likeness (QED) is 0.362. The van der Waals surface area contributed by atoms with Gasteiger partial charge in [-0.25, -0.2) is 9.37 Å². The van der Waals surface area contributed by atoms with Gasteiger partial charge in [0.25, 0.3) is 5.91 Å². The highest BCUT2D eigenvalue weighted by molar-refractivity contribution is 7.22. The van der Waals surface area contributed by atoms with Gasteiger partial charge in [-0.3, -0.25) is 4.79 Å². The van der Waals surface area contributed by atoms with Gasteiger partial charge < -0.3 is 9.15 Å². The molecular formula is C20H14FN3O3S. The van der Waals surface area contributed by atoms with E-state index in [1.165, 1.54) is 42.0 Å². The number of benzene rings is 2. The predicted octanol–water partition coefficient (Wildman–Crippen LogP) is 4.72. The molecule has 4 aromatic rings. The fourth-order valence-electron chi connectivity index (χ4n) is 2.52. The van der Waals surface area contributed by atoms with Crippen LogP contribution >= 0.6 is 11.3 Å². The van der Waals surface area contributed by atoms with Gasteiger partial charge in [-0.05, 0) is 48.5 Å². The lowest BCUT2D eigenvalue weighted by Gasteiger charge is -2.13. The molecule has 0 bridgehead atoms. The molecule has 2 aromatic heterocycles. The standard InChI is InChI=1S/C20H14FN3O3S/c1-26-15-7-8-17-18(11-15)28-20(23-17)24(22-12-16-6-3-9-27-16)19(25)13-4-2-5-14(21)10-13/h2-12H,1H3/b22-12-. The van der Waals surface area contributed by atoms with Crippen molar-refractivity contribution in [2.45, 2.75) is 0 Å². The normalized spacial score (nSPS) is 11.2. The number of fused-ring (bicyclic) bond motifs is 1. The largest absolute Gasteiger partial charge is 0.497 e. The van der Waals surface area contributed by atoms with Crippen LogP contribution in [0.15, 0.2) is 70.4 Å². The molecule has 140 valence electrons. The van der Waals surface area contributed by atoms with Crippen molar-refractivity contribution in [3.05, 3.63) is 78.0 Å². The van der Waals surface area contributed by atoms with E-state index in [0.717, 1.165) is 15.8 Å². The maximum Gasteiger partial charge on any atom is 0.280 e. The Hall–Kier alpha value is -3.52. The SMILES string of the molecule is COc1ccc2nc(N(/N=C\c3ccco3)C(=O)c3cccc(F)c3)sc2c1. The lowest BCUT2D eigenvalue weighted by Crippen LogP contribution is -2.25. The van der Waals surface area contributed by atoms with E-state index in [0.29, 0.717) is 22.2 Å². The van der Waals surface area contributed by atoms with Gasteiger partial charge in [0, 0.05) is 5.56 Å². The van der Waals surface area contributed by atoms with E-state index in [-0.39, 0.29) is 5.56 Å². The molecule has 0 aliphatic heterocycles. The number of thiazole rings is 1. The third kappa shape index (κ3) is 3.63. The van der Waals surface area contributed by atoms with E-state index >= 15 is 0 Å². The van der Waals surface area contributed by atoms with Crippen molar-refractivity contribution in [3.8, 4) is 5.75 Å². The van der Waals surface area contributed by atoms with Gasteiger partial charge in [0.1, 0.15) is 17.3 Å². The summed E-state index contributed by atoms with van der Waals surface area (Å²) in [6, 6.07) is 14.3. The van der Waals surface area contributed by atoms with Crippen LogP contribution in [-0.4, -0.2) is 24.2 Å². The van der Waals surface area contributed by atoms with Crippen LogP contribution in [0.3, 0.4) is 0 Å². The number of hydrogen-bond donors (Lipinski definition) is 0. The van der Waals surface area contributed by atoms with Gasteiger partial charge in [0.2, 0.25) is 5.13 Å². The second-order valence-electron chi connectivity index (χ2n) is 5.72. The van der Waals surface area contributed by atoms with Crippen molar-refractivity contribution < 1.29 is 18.3 Å². The van der Waals surface area contributed by atoms with Gasteiger partial charge >= 0.3 is 0 Å². The van der Waals surface area contributed by atoms with Gasteiger partial charge in [-0.1, -0.05) is 17.4 Å². The third-order valence-corrected chi connectivity index (χ3v) is 4.87. The molecule has 0 saturated heterocycles. The van der Waals surface area contributed by atoms with Crippen molar-refractivity contribution in [2.24, 2.45) is 5.10 Å². The molecular weight excluding hydrogens is 381 g/mol. The lowest BCUT2D eigenvalue weighted by atomic mass is 10.2. The molecule has 1 amide bonds. The number of hydrazone groups is 1. The molecule has 0 spiro atoms. The highest BCUT2D eigenvalue weighted by Gasteiger charge is 2.21. The third-order valence-electron chi connectivity index (χ3n) is 3.87. The van der Waals surface area contributed by atoms with Crippen molar-refractivity contribution in [1.82, 2.24) is 4.98 Å². The molecule has 6 nitrogen and oxygen atoms in total. The first-order valence-electron chi connectivity index (χ1n) is 8.26. The van der Waals surface area contributed by atoms with E-state index in [4.69, 9.17) is 9.15 Å². The second kappa shape index (κ2) is 7.61. The Morgan fingerprint density at radius 2 is 2.14 bits per heavy atom. The monoisotopic (exact) mass is 395 g/mol. The number of anilines is 1. The average Bonchev–Trinajstić information content (AvgIpc) is 3.37. The van der Waals surface area contributed by atoms with E-state index in [2.05, 4.69) is 10.1 Å². The Labute approximate surface area is 163 Å². The number of ether oxygens (including phenoxy) is 1. The van der Waals surface area contributed by atoms with Crippen LogP contribution in [0, 0.1) is 5.82 Å². The van der Waals surface area contributed by atoms with E-state index in [1.54, 1.807) is 31.4 Å². The number of nitrogens with zero attached hydrogens (tertiary/aromatic N) is 3. The maximum absolute atomic E-state index is 13.6. The summed E-state index contributed by atoms with van der Waals surface area (Å²) in [6.45, 7) is 0. The van der Waals surface area contributed by atoms with Crippen LogP contribution in [0.1, 0.15) is 16.1 Å². The van der Waals surface area contributed by atoms with Crippen LogP contribution in [0.5, 0.6) is 5.75 Å². The highest BCUT2D eigenvalue weighted by atomic mass is 32.1. The Bertz CT molecular complexity index is 1150. The smallest absolute Gasteiger partial charge is 0.280 e. The van der Waals surface area contributed by atoms with Gasteiger partial charge in [0.05, 0.1) is 29.8 Å². The number of amides is 1. The first kappa shape index (κ1) is 17.9. The summed E-state index contributed by atoms with van der Waals surface area (Å²) in [5, 5.41) is 5.72. The first-order chi connectivity index (χ1) is 13.6. The molecule has 0 atom stereocenters. The zero-order chi connectivity index (χ0) is 19.5. The summed E-state index contributed by atoms with van der Waals surface area (Å²) < 4.78 is 24.9. The van der Waals surface area contributed by atoms with Gasteiger partial charge in [0.15, 0.2) is 0 Å². The molecule has 0 unspecified atom stereocenters. The van der Waals surface area contributed by atoms with Crippen LogP contribution < -0.4 is 9.75 Å². The minimum atomic E-state index is -0.506. The van der Waals surface area contributed by atoms with Crippen molar-refractivity contribution in [3.63, 3.8) is 0 Å².